The van der Waals surface area contributed by atoms with Gasteiger partial charge < -0.3 is 20.7 Å². The quantitative estimate of drug-likeness (QED) is 0.782. The Kier molecular flexibility index (Phi) is 4.36. The van der Waals surface area contributed by atoms with Crippen molar-refractivity contribution < 1.29 is 19.7 Å². The van der Waals surface area contributed by atoms with E-state index in [0.29, 0.717) is 15.8 Å². The summed E-state index contributed by atoms with van der Waals surface area (Å²) in [4.78, 5) is 10.7. The highest BCUT2D eigenvalue weighted by Crippen LogP contribution is 2.39. The summed E-state index contributed by atoms with van der Waals surface area (Å²) in [6.07, 6.45) is 0.138. The van der Waals surface area contributed by atoms with E-state index in [-0.39, 0.29) is 12.2 Å². The Morgan fingerprint density at radius 1 is 1.65 bits per heavy atom. The molecule has 94 valence electrons. The van der Waals surface area contributed by atoms with Crippen LogP contribution in [0.1, 0.15) is 11.1 Å². The number of halogens is 1. The summed E-state index contributed by atoms with van der Waals surface area (Å²) in [6, 6.07) is 0.641. The molecule has 0 fully saturated rings. The molecule has 0 spiro atoms. The second kappa shape index (κ2) is 5.37. The first kappa shape index (κ1) is 13.8. The summed E-state index contributed by atoms with van der Waals surface area (Å²) in [5.74, 6) is -0.792. The van der Waals surface area contributed by atoms with E-state index in [0.717, 1.165) is 5.56 Å². The Bertz CT molecular complexity index is 448. The van der Waals surface area contributed by atoms with E-state index < -0.39 is 12.0 Å². The van der Waals surface area contributed by atoms with Gasteiger partial charge in [-0.2, -0.15) is 0 Å². The van der Waals surface area contributed by atoms with Crippen molar-refractivity contribution in [2.24, 2.45) is 5.73 Å². The zero-order valence-corrected chi connectivity index (χ0v) is 11.1. The van der Waals surface area contributed by atoms with Crippen molar-refractivity contribution in [3.05, 3.63) is 21.7 Å². The van der Waals surface area contributed by atoms with Crippen molar-refractivity contribution in [3.8, 4) is 11.5 Å². The van der Waals surface area contributed by atoms with Gasteiger partial charge in [0, 0.05) is 0 Å². The third-order valence-electron chi connectivity index (χ3n) is 2.49. The maximum Gasteiger partial charge on any atom is 0.320 e. The van der Waals surface area contributed by atoms with Gasteiger partial charge in [-0.3, -0.25) is 4.79 Å². The summed E-state index contributed by atoms with van der Waals surface area (Å²) in [5, 5.41) is 18.6. The number of phenols is 1. The van der Waals surface area contributed by atoms with Crippen LogP contribution in [-0.2, 0) is 11.2 Å². The standard InChI is InChI=1S/C11H14BrNO4/c1-5-3-8(17-2)10(14)9(12)6(5)4-7(13)11(15)16/h3,7,14H,4,13H2,1-2H3,(H,15,16). The Labute approximate surface area is 107 Å². The topological polar surface area (TPSA) is 92.8 Å². The van der Waals surface area contributed by atoms with Crippen molar-refractivity contribution >= 4 is 21.9 Å². The number of carbonyl (C=O) groups is 1. The molecule has 0 aromatic heterocycles. The molecule has 1 aromatic rings. The molecule has 0 heterocycles. The number of nitrogens with two attached hydrogens (primary N) is 1. The summed E-state index contributed by atoms with van der Waals surface area (Å²) in [6.45, 7) is 1.80. The normalized spacial score (nSPS) is 12.2. The van der Waals surface area contributed by atoms with E-state index in [4.69, 9.17) is 15.6 Å². The van der Waals surface area contributed by atoms with Crippen molar-refractivity contribution in [2.45, 2.75) is 19.4 Å². The van der Waals surface area contributed by atoms with Crippen LogP contribution >= 0.6 is 15.9 Å². The first-order valence-electron chi connectivity index (χ1n) is 4.91. The monoisotopic (exact) mass is 303 g/mol. The molecule has 0 aliphatic carbocycles. The first-order valence-corrected chi connectivity index (χ1v) is 5.71. The van der Waals surface area contributed by atoms with E-state index >= 15 is 0 Å². The molecule has 1 aromatic carbocycles. The highest BCUT2D eigenvalue weighted by molar-refractivity contribution is 9.10. The first-order chi connectivity index (χ1) is 7.88. The van der Waals surface area contributed by atoms with Gasteiger partial charge in [-0.1, -0.05) is 0 Å². The minimum atomic E-state index is -1.08. The second-order valence-corrected chi connectivity index (χ2v) is 4.48. The molecule has 1 atom stereocenters. The van der Waals surface area contributed by atoms with Gasteiger partial charge in [0.1, 0.15) is 6.04 Å². The average Bonchev–Trinajstić information content (AvgIpc) is 2.28. The van der Waals surface area contributed by atoms with Crippen LogP contribution in [0.5, 0.6) is 11.5 Å². The molecule has 4 N–H and O–H groups in total. The van der Waals surface area contributed by atoms with Crippen LogP contribution in [0.25, 0.3) is 0 Å². The number of rotatable bonds is 4. The molecule has 1 unspecified atom stereocenters. The zero-order valence-electron chi connectivity index (χ0n) is 9.53. The van der Waals surface area contributed by atoms with Gasteiger partial charge in [0.25, 0.3) is 0 Å². The Morgan fingerprint density at radius 3 is 2.71 bits per heavy atom. The maximum atomic E-state index is 10.7. The molecule has 0 bridgehead atoms. The van der Waals surface area contributed by atoms with Crippen LogP contribution in [0.3, 0.4) is 0 Å². The van der Waals surface area contributed by atoms with Crippen molar-refractivity contribution in [2.75, 3.05) is 7.11 Å². The zero-order chi connectivity index (χ0) is 13.2. The molecule has 1 rings (SSSR count). The van der Waals surface area contributed by atoms with Crippen LogP contribution in [-0.4, -0.2) is 29.3 Å². The van der Waals surface area contributed by atoms with E-state index in [9.17, 15) is 9.90 Å². The summed E-state index contributed by atoms with van der Waals surface area (Å²) < 4.78 is 5.41. The number of hydrogen-bond donors (Lipinski definition) is 3. The lowest BCUT2D eigenvalue weighted by atomic mass is 10.0. The van der Waals surface area contributed by atoms with Crippen LogP contribution < -0.4 is 10.5 Å². The third kappa shape index (κ3) is 2.89. The molecular formula is C11H14BrNO4. The largest absolute Gasteiger partial charge is 0.503 e. The van der Waals surface area contributed by atoms with Gasteiger partial charge in [-0.05, 0) is 46.5 Å². The molecule has 0 aliphatic heterocycles. The summed E-state index contributed by atoms with van der Waals surface area (Å²) >= 11 is 3.22. The van der Waals surface area contributed by atoms with E-state index in [1.807, 2.05) is 0 Å². The lowest BCUT2D eigenvalue weighted by Crippen LogP contribution is -2.32. The van der Waals surface area contributed by atoms with Gasteiger partial charge in [0.05, 0.1) is 11.6 Å². The van der Waals surface area contributed by atoms with Crippen LogP contribution in [0, 0.1) is 6.92 Å². The number of carboxylic acids is 1. The highest BCUT2D eigenvalue weighted by Gasteiger charge is 2.19. The van der Waals surface area contributed by atoms with Crippen molar-refractivity contribution in [1.29, 1.82) is 0 Å². The Balaban J connectivity index is 3.17. The number of aliphatic carboxylic acids is 1. The number of phenolic OH excluding ortho intramolecular Hbond substituents is 1. The smallest absolute Gasteiger partial charge is 0.320 e. The van der Waals surface area contributed by atoms with E-state index in [1.54, 1.807) is 13.0 Å². The van der Waals surface area contributed by atoms with Crippen molar-refractivity contribution in [3.63, 3.8) is 0 Å². The molecule has 0 amide bonds. The summed E-state index contributed by atoms with van der Waals surface area (Å²) in [5.41, 5.74) is 6.95. The van der Waals surface area contributed by atoms with Crippen LogP contribution in [0.4, 0.5) is 0 Å². The van der Waals surface area contributed by atoms with Gasteiger partial charge in [0.2, 0.25) is 0 Å². The highest BCUT2D eigenvalue weighted by atomic mass is 79.9. The molecule has 17 heavy (non-hydrogen) atoms. The van der Waals surface area contributed by atoms with Gasteiger partial charge in [0.15, 0.2) is 11.5 Å². The molecule has 0 aliphatic rings. The van der Waals surface area contributed by atoms with Gasteiger partial charge in [-0.25, -0.2) is 0 Å². The van der Waals surface area contributed by atoms with E-state index in [1.165, 1.54) is 7.11 Å². The minimum absolute atomic E-state index is 0.0503. The number of benzene rings is 1. The molecule has 0 saturated carbocycles. The lowest BCUT2D eigenvalue weighted by Gasteiger charge is -2.15. The average molecular weight is 304 g/mol. The molecular weight excluding hydrogens is 290 g/mol. The third-order valence-corrected chi connectivity index (χ3v) is 3.35. The number of ether oxygens (including phenoxy) is 1. The summed E-state index contributed by atoms with van der Waals surface area (Å²) in [7, 11) is 1.45. The second-order valence-electron chi connectivity index (χ2n) is 3.69. The predicted octanol–water partition coefficient (Wildman–Crippen LogP) is 1.43. The predicted molar refractivity (Wildman–Crippen MR) is 66.4 cm³/mol. The number of carboxylic acid groups (broad SMARTS) is 1. The fraction of sp³-hybridized carbons (Fsp3) is 0.364. The van der Waals surface area contributed by atoms with E-state index in [2.05, 4.69) is 15.9 Å². The number of aromatic hydroxyl groups is 1. The molecule has 0 saturated heterocycles. The number of aryl methyl sites for hydroxylation is 1. The minimum Gasteiger partial charge on any atom is -0.503 e. The Morgan fingerprint density at radius 2 is 2.24 bits per heavy atom. The fourth-order valence-corrected chi connectivity index (χ4v) is 2.16. The SMILES string of the molecule is COc1cc(C)c(CC(N)C(=O)O)c(Br)c1O. The van der Waals surface area contributed by atoms with Crippen LogP contribution in [0.15, 0.2) is 10.5 Å². The molecule has 6 heteroatoms. The van der Waals surface area contributed by atoms with Gasteiger partial charge >= 0.3 is 5.97 Å². The number of hydrogen-bond acceptors (Lipinski definition) is 4. The molecule has 5 nitrogen and oxygen atoms in total. The molecule has 0 radical (unpaired) electrons. The number of methoxy groups -OCH3 is 1. The van der Waals surface area contributed by atoms with Crippen molar-refractivity contribution in [1.82, 2.24) is 0 Å². The van der Waals surface area contributed by atoms with Crippen LogP contribution in [0.2, 0.25) is 0 Å². The fourth-order valence-electron chi connectivity index (χ4n) is 1.49. The Hall–Kier alpha value is -1.27. The lowest BCUT2D eigenvalue weighted by molar-refractivity contribution is -0.138. The van der Waals surface area contributed by atoms with Gasteiger partial charge in [-0.15, -0.1) is 0 Å². The maximum absolute atomic E-state index is 10.7.